The summed E-state index contributed by atoms with van der Waals surface area (Å²) in [5, 5.41) is 2.26. The lowest BCUT2D eigenvalue weighted by atomic mass is 10.2. The molecule has 0 unspecified atom stereocenters. The summed E-state index contributed by atoms with van der Waals surface area (Å²) in [4.78, 5) is 22.4. The highest BCUT2D eigenvalue weighted by Gasteiger charge is 2.07. The van der Waals surface area contributed by atoms with Crippen molar-refractivity contribution in [1.82, 2.24) is 16.2 Å². The molecule has 114 valence electrons. The van der Waals surface area contributed by atoms with E-state index < -0.39 is 12.0 Å². The summed E-state index contributed by atoms with van der Waals surface area (Å²) >= 11 is 8.16. The van der Waals surface area contributed by atoms with Crippen LogP contribution in [0.5, 0.6) is 5.75 Å². The van der Waals surface area contributed by atoms with Crippen molar-refractivity contribution in [1.29, 1.82) is 0 Å². The van der Waals surface area contributed by atoms with Gasteiger partial charge in [-0.3, -0.25) is 15.5 Å². The number of methoxy groups -OCH3 is 1. The van der Waals surface area contributed by atoms with Crippen molar-refractivity contribution in [2.45, 2.75) is 6.92 Å². The van der Waals surface area contributed by atoms with Gasteiger partial charge < -0.3 is 9.47 Å². The van der Waals surface area contributed by atoms with E-state index in [1.54, 1.807) is 12.1 Å². The fourth-order valence-corrected chi connectivity index (χ4v) is 1.62. The van der Waals surface area contributed by atoms with Crippen LogP contribution in [-0.4, -0.2) is 30.8 Å². The second-order valence-corrected chi connectivity index (χ2v) is 5.08. The van der Waals surface area contributed by atoms with Crippen molar-refractivity contribution in [3.63, 3.8) is 0 Å². The minimum Gasteiger partial charge on any atom is -0.484 e. The highest BCUT2D eigenvalue weighted by Crippen LogP contribution is 2.21. The molecule has 7 nitrogen and oxygen atoms in total. The molecule has 1 aromatic rings. The third-order valence-electron chi connectivity index (χ3n) is 2.22. The number of hydrogen-bond acceptors (Lipinski definition) is 5. The van der Waals surface area contributed by atoms with Crippen molar-refractivity contribution in [2.24, 2.45) is 0 Å². The number of aryl methyl sites for hydroxylation is 1. The predicted molar refractivity (Wildman–Crippen MR) is 83.8 cm³/mol. The molecule has 21 heavy (non-hydrogen) atoms. The molecule has 0 bridgehead atoms. The molecule has 0 aliphatic rings. The smallest absolute Gasteiger partial charge is 0.425 e. The van der Waals surface area contributed by atoms with Gasteiger partial charge in [0.1, 0.15) is 5.75 Å². The number of nitrogens with one attached hydrogen (secondary N) is 3. The second kappa shape index (κ2) is 8.42. The van der Waals surface area contributed by atoms with Gasteiger partial charge >= 0.3 is 6.09 Å². The van der Waals surface area contributed by atoms with Crippen molar-refractivity contribution in [3.05, 3.63) is 28.2 Å². The maximum Gasteiger partial charge on any atom is 0.425 e. The average molecular weight is 376 g/mol. The first-order chi connectivity index (χ1) is 9.92. The SMILES string of the molecule is COC(=O)NNC(=S)NC(=O)COc1ccc(Br)c(C)c1. The van der Waals surface area contributed by atoms with Crippen LogP contribution >= 0.6 is 28.1 Å². The maximum absolute atomic E-state index is 11.6. The Labute approximate surface area is 135 Å². The summed E-state index contributed by atoms with van der Waals surface area (Å²) < 4.78 is 10.6. The van der Waals surface area contributed by atoms with E-state index in [4.69, 9.17) is 17.0 Å². The Balaban J connectivity index is 2.35. The third-order valence-corrected chi connectivity index (χ3v) is 3.31. The van der Waals surface area contributed by atoms with Crippen LogP contribution in [0.1, 0.15) is 5.56 Å². The first-order valence-corrected chi connectivity index (χ1v) is 6.95. The molecule has 1 rings (SSSR count). The molecule has 0 aliphatic carbocycles. The standard InChI is InChI=1S/C12H14BrN3O4S/c1-7-5-8(3-4-9(7)13)20-6-10(17)14-11(21)15-16-12(18)19-2/h3-5H,6H2,1-2H3,(H,16,18)(H2,14,15,17,21). The van der Waals surface area contributed by atoms with Crippen LogP contribution in [0.3, 0.4) is 0 Å². The second-order valence-electron chi connectivity index (χ2n) is 3.82. The molecule has 2 amide bonds. The molecule has 0 spiro atoms. The minimum absolute atomic E-state index is 0.0685. The van der Waals surface area contributed by atoms with Crippen molar-refractivity contribution in [2.75, 3.05) is 13.7 Å². The first-order valence-electron chi connectivity index (χ1n) is 5.75. The molecule has 0 saturated heterocycles. The molecule has 0 fully saturated rings. The lowest BCUT2D eigenvalue weighted by Crippen LogP contribution is -2.49. The van der Waals surface area contributed by atoms with Gasteiger partial charge in [-0.15, -0.1) is 0 Å². The number of benzene rings is 1. The largest absolute Gasteiger partial charge is 0.484 e. The van der Waals surface area contributed by atoms with Crippen LogP contribution in [0.4, 0.5) is 4.79 Å². The zero-order valence-electron chi connectivity index (χ0n) is 11.4. The zero-order chi connectivity index (χ0) is 15.8. The quantitative estimate of drug-likeness (QED) is 0.546. The molecule has 0 atom stereocenters. The van der Waals surface area contributed by atoms with Gasteiger partial charge in [0.15, 0.2) is 11.7 Å². The summed E-state index contributed by atoms with van der Waals surface area (Å²) in [6, 6.07) is 5.36. The molecular weight excluding hydrogens is 362 g/mol. The number of carbonyl (C=O) groups is 2. The van der Waals surface area contributed by atoms with Gasteiger partial charge in [-0.25, -0.2) is 10.2 Å². The highest BCUT2D eigenvalue weighted by atomic mass is 79.9. The summed E-state index contributed by atoms with van der Waals surface area (Å²) in [5.41, 5.74) is 5.40. The van der Waals surface area contributed by atoms with Crippen LogP contribution < -0.4 is 20.9 Å². The van der Waals surface area contributed by atoms with Crippen LogP contribution in [0, 0.1) is 6.92 Å². The van der Waals surface area contributed by atoms with E-state index in [2.05, 4.69) is 36.8 Å². The molecule has 1 aromatic carbocycles. The molecule has 0 saturated carbocycles. The molecular formula is C12H14BrN3O4S. The van der Waals surface area contributed by atoms with E-state index >= 15 is 0 Å². The van der Waals surface area contributed by atoms with Gasteiger partial charge in [-0.1, -0.05) is 15.9 Å². The van der Waals surface area contributed by atoms with Gasteiger partial charge in [0.25, 0.3) is 5.91 Å². The lowest BCUT2D eigenvalue weighted by molar-refractivity contribution is -0.121. The predicted octanol–water partition coefficient (Wildman–Crippen LogP) is 1.40. The van der Waals surface area contributed by atoms with Crippen LogP contribution in [0.15, 0.2) is 22.7 Å². The summed E-state index contributed by atoms with van der Waals surface area (Å²) in [5.74, 6) is 0.108. The molecule has 0 aliphatic heterocycles. The Morgan fingerprint density at radius 1 is 1.33 bits per heavy atom. The summed E-state index contributed by atoms with van der Waals surface area (Å²) in [6.45, 7) is 1.70. The van der Waals surface area contributed by atoms with Gasteiger partial charge in [0, 0.05) is 4.47 Å². The van der Waals surface area contributed by atoms with Crippen LogP contribution in [-0.2, 0) is 9.53 Å². The summed E-state index contributed by atoms with van der Waals surface area (Å²) in [7, 11) is 1.20. The average Bonchev–Trinajstić information content (AvgIpc) is 2.46. The normalized spacial score (nSPS) is 9.48. The van der Waals surface area contributed by atoms with Gasteiger partial charge in [0.05, 0.1) is 7.11 Å². The summed E-state index contributed by atoms with van der Waals surface area (Å²) in [6.07, 6.45) is -0.729. The molecule has 0 heterocycles. The highest BCUT2D eigenvalue weighted by molar-refractivity contribution is 9.10. The lowest BCUT2D eigenvalue weighted by Gasteiger charge is -2.11. The number of thiocarbonyl (C=S) groups is 1. The van der Waals surface area contributed by atoms with E-state index in [1.165, 1.54) is 7.11 Å². The van der Waals surface area contributed by atoms with Crippen molar-refractivity contribution < 1.29 is 19.1 Å². The van der Waals surface area contributed by atoms with E-state index in [0.717, 1.165) is 10.0 Å². The minimum atomic E-state index is -0.729. The van der Waals surface area contributed by atoms with Crippen LogP contribution in [0.25, 0.3) is 0 Å². The zero-order valence-corrected chi connectivity index (χ0v) is 13.8. The number of hydrogen-bond donors (Lipinski definition) is 3. The number of ether oxygens (including phenoxy) is 2. The topological polar surface area (TPSA) is 88.7 Å². The number of rotatable bonds is 3. The number of hydrazine groups is 1. The monoisotopic (exact) mass is 375 g/mol. The van der Waals surface area contributed by atoms with Crippen LogP contribution in [0.2, 0.25) is 0 Å². The fourth-order valence-electron chi connectivity index (χ4n) is 1.21. The Hall–Kier alpha value is -1.87. The Kier molecular flexibility index (Phi) is 6.89. The van der Waals surface area contributed by atoms with E-state index in [0.29, 0.717) is 5.75 Å². The number of halogens is 1. The Morgan fingerprint density at radius 2 is 2.05 bits per heavy atom. The van der Waals surface area contributed by atoms with Crippen molar-refractivity contribution >= 4 is 45.3 Å². The van der Waals surface area contributed by atoms with E-state index in [9.17, 15) is 9.59 Å². The van der Waals surface area contributed by atoms with E-state index in [1.807, 2.05) is 13.0 Å². The molecule has 0 aromatic heterocycles. The number of amides is 2. The number of carbonyl (C=O) groups excluding carboxylic acids is 2. The fraction of sp³-hybridized carbons (Fsp3) is 0.250. The van der Waals surface area contributed by atoms with Gasteiger partial charge in [0.2, 0.25) is 0 Å². The van der Waals surface area contributed by atoms with Crippen molar-refractivity contribution in [3.8, 4) is 5.75 Å². The molecule has 3 N–H and O–H groups in total. The van der Waals surface area contributed by atoms with Gasteiger partial charge in [-0.2, -0.15) is 0 Å². The molecule has 0 radical (unpaired) electrons. The Morgan fingerprint density at radius 3 is 2.67 bits per heavy atom. The maximum atomic E-state index is 11.6. The van der Waals surface area contributed by atoms with Gasteiger partial charge in [-0.05, 0) is 42.9 Å². The third kappa shape index (κ3) is 6.41. The first kappa shape index (κ1) is 17.2. The molecule has 9 heteroatoms. The Bertz CT molecular complexity index is 553. The van der Waals surface area contributed by atoms with E-state index in [-0.39, 0.29) is 11.7 Å².